The third-order valence-corrected chi connectivity index (χ3v) is 3.43. The molecule has 0 aliphatic carbocycles. The SMILES string of the molecule is COc1ccc(C(=O)OCC(=O)Nc2ccc(Cl)cc2C)c(F)c1. The summed E-state index contributed by atoms with van der Waals surface area (Å²) in [4.78, 5) is 23.7. The number of carbonyl (C=O) groups is 2. The van der Waals surface area contributed by atoms with E-state index in [1.54, 1.807) is 25.1 Å². The lowest BCUT2D eigenvalue weighted by Gasteiger charge is -2.10. The van der Waals surface area contributed by atoms with E-state index < -0.39 is 24.3 Å². The van der Waals surface area contributed by atoms with Gasteiger partial charge in [-0.15, -0.1) is 0 Å². The number of rotatable bonds is 5. The quantitative estimate of drug-likeness (QED) is 0.836. The van der Waals surface area contributed by atoms with Crippen LogP contribution in [-0.4, -0.2) is 25.6 Å². The highest BCUT2D eigenvalue weighted by Gasteiger charge is 2.16. The lowest BCUT2D eigenvalue weighted by atomic mass is 10.2. The predicted molar refractivity (Wildman–Crippen MR) is 88.1 cm³/mol. The van der Waals surface area contributed by atoms with E-state index in [1.165, 1.54) is 19.2 Å². The molecule has 0 bridgehead atoms. The topological polar surface area (TPSA) is 64.6 Å². The number of aryl methyl sites for hydroxylation is 1. The molecule has 2 rings (SSSR count). The lowest BCUT2D eigenvalue weighted by Crippen LogP contribution is -2.21. The molecule has 7 heteroatoms. The Morgan fingerprint density at radius 1 is 1.21 bits per heavy atom. The molecule has 0 aromatic heterocycles. The van der Waals surface area contributed by atoms with E-state index in [0.717, 1.165) is 11.6 Å². The van der Waals surface area contributed by atoms with Gasteiger partial charge in [0.1, 0.15) is 11.6 Å². The monoisotopic (exact) mass is 351 g/mol. The van der Waals surface area contributed by atoms with Gasteiger partial charge in [0.2, 0.25) is 0 Å². The molecule has 0 aliphatic heterocycles. The second-order valence-electron chi connectivity index (χ2n) is 4.93. The predicted octanol–water partition coefficient (Wildman–Crippen LogP) is 3.59. The molecule has 126 valence electrons. The van der Waals surface area contributed by atoms with Crippen LogP contribution in [0.4, 0.5) is 10.1 Å². The molecular formula is C17H15ClFNO4. The number of benzene rings is 2. The van der Waals surface area contributed by atoms with Crippen LogP contribution in [0, 0.1) is 12.7 Å². The smallest absolute Gasteiger partial charge is 0.341 e. The molecule has 2 aromatic carbocycles. The first-order valence-electron chi connectivity index (χ1n) is 6.97. The number of hydrogen-bond donors (Lipinski definition) is 1. The zero-order chi connectivity index (χ0) is 17.7. The summed E-state index contributed by atoms with van der Waals surface area (Å²) in [5.74, 6) is -1.98. The minimum atomic E-state index is -0.932. The molecule has 1 N–H and O–H groups in total. The number of halogens is 2. The zero-order valence-electron chi connectivity index (χ0n) is 13.1. The maximum atomic E-state index is 13.8. The number of hydrogen-bond acceptors (Lipinski definition) is 4. The molecule has 0 saturated heterocycles. The van der Waals surface area contributed by atoms with Crippen molar-refractivity contribution in [3.8, 4) is 5.75 Å². The Hall–Kier alpha value is -2.60. The van der Waals surface area contributed by atoms with Crippen LogP contribution in [-0.2, 0) is 9.53 Å². The normalized spacial score (nSPS) is 10.2. The maximum absolute atomic E-state index is 13.8. The van der Waals surface area contributed by atoms with Crippen molar-refractivity contribution in [3.05, 3.63) is 58.4 Å². The van der Waals surface area contributed by atoms with Crippen LogP contribution in [0.2, 0.25) is 5.02 Å². The van der Waals surface area contributed by atoms with Gasteiger partial charge in [0.05, 0.1) is 12.7 Å². The summed E-state index contributed by atoms with van der Waals surface area (Å²) in [5.41, 5.74) is 1.05. The van der Waals surface area contributed by atoms with Gasteiger partial charge in [-0.1, -0.05) is 11.6 Å². The first-order valence-corrected chi connectivity index (χ1v) is 7.35. The maximum Gasteiger partial charge on any atom is 0.341 e. The highest BCUT2D eigenvalue weighted by Crippen LogP contribution is 2.20. The van der Waals surface area contributed by atoms with Crippen molar-refractivity contribution in [3.63, 3.8) is 0 Å². The number of amides is 1. The third kappa shape index (κ3) is 4.45. The molecule has 0 aliphatic rings. The molecule has 24 heavy (non-hydrogen) atoms. The molecule has 0 fully saturated rings. The molecule has 0 atom stereocenters. The van der Waals surface area contributed by atoms with Crippen LogP contribution >= 0.6 is 11.6 Å². The van der Waals surface area contributed by atoms with Gasteiger partial charge >= 0.3 is 5.97 Å². The fourth-order valence-electron chi connectivity index (χ4n) is 1.95. The standard InChI is InChI=1S/C17H15ClFNO4/c1-10-7-11(18)3-6-15(10)20-16(21)9-24-17(22)13-5-4-12(23-2)8-14(13)19/h3-8H,9H2,1-2H3,(H,20,21). The minimum absolute atomic E-state index is 0.272. The second kappa shape index (κ2) is 7.79. The lowest BCUT2D eigenvalue weighted by molar-refractivity contribution is -0.119. The van der Waals surface area contributed by atoms with Crippen LogP contribution < -0.4 is 10.1 Å². The Morgan fingerprint density at radius 3 is 2.58 bits per heavy atom. The highest BCUT2D eigenvalue weighted by molar-refractivity contribution is 6.30. The van der Waals surface area contributed by atoms with Crippen molar-refractivity contribution >= 4 is 29.2 Å². The largest absolute Gasteiger partial charge is 0.497 e. The number of anilines is 1. The average molecular weight is 352 g/mol. The highest BCUT2D eigenvalue weighted by atomic mass is 35.5. The molecule has 0 spiro atoms. The van der Waals surface area contributed by atoms with Crippen LogP contribution in [0.15, 0.2) is 36.4 Å². The first-order chi connectivity index (χ1) is 11.4. The van der Waals surface area contributed by atoms with E-state index in [4.69, 9.17) is 21.1 Å². The molecule has 0 saturated carbocycles. The van der Waals surface area contributed by atoms with Gasteiger partial charge in [-0.3, -0.25) is 4.79 Å². The van der Waals surface area contributed by atoms with Gasteiger partial charge in [-0.2, -0.15) is 0 Å². The molecule has 0 radical (unpaired) electrons. The van der Waals surface area contributed by atoms with Gasteiger partial charge < -0.3 is 14.8 Å². The molecule has 1 amide bonds. The number of esters is 1. The molecule has 0 unspecified atom stereocenters. The third-order valence-electron chi connectivity index (χ3n) is 3.19. The van der Waals surface area contributed by atoms with Crippen LogP contribution in [0.5, 0.6) is 5.75 Å². The molecule has 2 aromatic rings. The molecule has 5 nitrogen and oxygen atoms in total. The second-order valence-corrected chi connectivity index (χ2v) is 5.37. The summed E-state index contributed by atoms with van der Waals surface area (Å²) in [7, 11) is 1.38. The average Bonchev–Trinajstić information content (AvgIpc) is 2.55. The minimum Gasteiger partial charge on any atom is -0.497 e. The Balaban J connectivity index is 1.95. The van der Waals surface area contributed by atoms with Crippen LogP contribution in [0.25, 0.3) is 0 Å². The van der Waals surface area contributed by atoms with Gasteiger partial charge in [0.25, 0.3) is 5.91 Å². The van der Waals surface area contributed by atoms with Gasteiger partial charge in [0.15, 0.2) is 6.61 Å². The fourth-order valence-corrected chi connectivity index (χ4v) is 2.18. The van der Waals surface area contributed by atoms with E-state index in [1.807, 2.05) is 0 Å². The summed E-state index contributed by atoms with van der Waals surface area (Å²) in [5, 5.41) is 3.14. The number of methoxy groups -OCH3 is 1. The van der Waals surface area contributed by atoms with Crippen LogP contribution in [0.1, 0.15) is 15.9 Å². The Labute approximate surface area is 143 Å². The number of nitrogens with one attached hydrogen (secondary N) is 1. The van der Waals surface area contributed by atoms with Crippen molar-refractivity contribution in [1.29, 1.82) is 0 Å². The molecule has 0 heterocycles. The van der Waals surface area contributed by atoms with E-state index in [9.17, 15) is 14.0 Å². The summed E-state index contributed by atoms with van der Waals surface area (Å²) in [6, 6.07) is 8.68. The number of carbonyl (C=O) groups excluding carboxylic acids is 2. The van der Waals surface area contributed by atoms with E-state index in [0.29, 0.717) is 10.7 Å². The summed E-state index contributed by atoms with van der Waals surface area (Å²) >= 11 is 5.83. The first kappa shape index (κ1) is 17.7. The Morgan fingerprint density at radius 2 is 1.96 bits per heavy atom. The summed E-state index contributed by atoms with van der Waals surface area (Å²) in [6.45, 7) is 1.24. The van der Waals surface area contributed by atoms with E-state index in [2.05, 4.69) is 5.32 Å². The van der Waals surface area contributed by atoms with Crippen molar-refractivity contribution < 1.29 is 23.5 Å². The Kier molecular flexibility index (Phi) is 5.76. The van der Waals surface area contributed by atoms with Gasteiger partial charge in [-0.05, 0) is 42.8 Å². The zero-order valence-corrected chi connectivity index (χ0v) is 13.8. The van der Waals surface area contributed by atoms with Crippen molar-refractivity contribution in [1.82, 2.24) is 0 Å². The Bertz CT molecular complexity index is 779. The van der Waals surface area contributed by atoms with Gasteiger partial charge in [-0.25, -0.2) is 9.18 Å². The van der Waals surface area contributed by atoms with E-state index >= 15 is 0 Å². The van der Waals surface area contributed by atoms with Crippen molar-refractivity contribution in [2.24, 2.45) is 0 Å². The van der Waals surface area contributed by atoms with Crippen molar-refractivity contribution in [2.45, 2.75) is 6.92 Å². The summed E-state index contributed by atoms with van der Waals surface area (Å²) in [6.07, 6.45) is 0. The fraction of sp³-hybridized carbons (Fsp3) is 0.176. The number of ether oxygens (including phenoxy) is 2. The van der Waals surface area contributed by atoms with Crippen LogP contribution in [0.3, 0.4) is 0 Å². The molecular weight excluding hydrogens is 337 g/mol. The van der Waals surface area contributed by atoms with Crippen molar-refractivity contribution in [2.75, 3.05) is 19.0 Å². The summed E-state index contributed by atoms with van der Waals surface area (Å²) < 4.78 is 23.4. The van der Waals surface area contributed by atoms with E-state index in [-0.39, 0.29) is 11.3 Å². The van der Waals surface area contributed by atoms with Gasteiger partial charge in [0, 0.05) is 16.8 Å².